The molecule has 1 heterocycles. The summed E-state index contributed by atoms with van der Waals surface area (Å²) in [7, 11) is 0. The molecule has 5 nitrogen and oxygen atoms in total. The zero-order valence-corrected chi connectivity index (χ0v) is 12.2. The van der Waals surface area contributed by atoms with Gasteiger partial charge in [0.2, 0.25) is 5.28 Å². The minimum Gasteiger partial charge on any atom is -0.493 e. The lowest BCUT2D eigenvalue weighted by Gasteiger charge is -2.10. The molecule has 0 aliphatic heterocycles. The van der Waals surface area contributed by atoms with E-state index in [1.165, 1.54) is 0 Å². The number of ether oxygens (including phenoxy) is 2. The predicted octanol–water partition coefficient (Wildman–Crippen LogP) is 3.38. The second kappa shape index (κ2) is 7.05. The van der Waals surface area contributed by atoms with Crippen molar-refractivity contribution < 1.29 is 9.47 Å². The smallest absolute Gasteiger partial charge is 0.321 e. The Hall–Kier alpha value is -1.88. The first kappa shape index (κ1) is 14.5. The fourth-order valence-electron chi connectivity index (χ4n) is 1.64. The molecule has 2 rings (SSSR count). The summed E-state index contributed by atoms with van der Waals surface area (Å²) in [5.41, 5.74) is 0.770. The Bertz CT molecular complexity index is 578. The van der Waals surface area contributed by atoms with Gasteiger partial charge < -0.3 is 9.47 Å². The van der Waals surface area contributed by atoms with E-state index in [0.29, 0.717) is 19.0 Å². The van der Waals surface area contributed by atoms with Gasteiger partial charge in [0.05, 0.1) is 18.8 Å². The van der Waals surface area contributed by atoms with Crippen LogP contribution >= 0.6 is 11.6 Å². The molecule has 0 fully saturated rings. The molecule has 0 saturated heterocycles. The summed E-state index contributed by atoms with van der Waals surface area (Å²) in [6.45, 7) is 5.01. The lowest BCUT2D eigenvalue weighted by atomic mass is 10.2. The Labute approximate surface area is 123 Å². The fraction of sp³-hybridized carbons (Fsp3) is 0.357. The monoisotopic (exact) mass is 293 g/mol. The highest BCUT2D eigenvalue weighted by Crippen LogP contribution is 2.28. The van der Waals surface area contributed by atoms with Crippen LogP contribution in [0.5, 0.6) is 11.8 Å². The van der Waals surface area contributed by atoms with Gasteiger partial charge in [0.15, 0.2) is 5.82 Å². The average molecular weight is 294 g/mol. The van der Waals surface area contributed by atoms with Crippen LogP contribution in [0.4, 0.5) is 0 Å². The van der Waals surface area contributed by atoms with Gasteiger partial charge >= 0.3 is 6.01 Å². The van der Waals surface area contributed by atoms with Crippen molar-refractivity contribution in [1.82, 2.24) is 15.0 Å². The lowest BCUT2D eigenvalue weighted by molar-refractivity contribution is 0.311. The third kappa shape index (κ3) is 3.57. The van der Waals surface area contributed by atoms with Crippen LogP contribution in [-0.2, 0) is 0 Å². The molecule has 106 valence electrons. The summed E-state index contributed by atoms with van der Waals surface area (Å²) in [6.07, 6.45) is 0.927. The summed E-state index contributed by atoms with van der Waals surface area (Å²) in [4.78, 5) is 12.3. The van der Waals surface area contributed by atoms with Crippen molar-refractivity contribution in [3.63, 3.8) is 0 Å². The number of para-hydroxylation sites is 1. The number of aromatic nitrogens is 3. The van der Waals surface area contributed by atoms with Gasteiger partial charge in [-0.1, -0.05) is 19.1 Å². The van der Waals surface area contributed by atoms with Crippen LogP contribution in [0.2, 0.25) is 5.28 Å². The highest BCUT2D eigenvalue weighted by Gasteiger charge is 2.12. The number of halogens is 1. The summed E-state index contributed by atoms with van der Waals surface area (Å²) < 4.78 is 11.0. The van der Waals surface area contributed by atoms with E-state index in [1.807, 2.05) is 31.2 Å². The number of hydrogen-bond donors (Lipinski definition) is 0. The zero-order chi connectivity index (χ0) is 14.4. The standard InChI is InChI=1S/C14H16ClN3O2/c1-3-9-20-11-8-6-5-7-10(11)12-16-13(15)18-14(17-12)19-4-2/h5-8H,3-4,9H2,1-2H3. The maximum atomic E-state index is 5.91. The van der Waals surface area contributed by atoms with Crippen LogP contribution in [0, 0.1) is 0 Å². The molecule has 0 aliphatic rings. The van der Waals surface area contributed by atoms with Crippen molar-refractivity contribution in [2.45, 2.75) is 20.3 Å². The molecule has 0 bridgehead atoms. The number of rotatable bonds is 6. The largest absolute Gasteiger partial charge is 0.493 e. The maximum absolute atomic E-state index is 5.91. The van der Waals surface area contributed by atoms with Crippen molar-refractivity contribution in [1.29, 1.82) is 0 Å². The Morgan fingerprint density at radius 3 is 2.60 bits per heavy atom. The molecule has 0 N–H and O–H groups in total. The van der Waals surface area contributed by atoms with Crippen LogP contribution in [0.1, 0.15) is 20.3 Å². The van der Waals surface area contributed by atoms with Crippen molar-refractivity contribution in [2.24, 2.45) is 0 Å². The van der Waals surface area contributed by atoms with Crippen molar-refractivity contribution in [2.75, 3.05) is 13.2 Å². The Kier molecular flexibility index (Phi) is 5.12. The fourth-order valence-corrected chi connectivity index (χ4v) is 1.79. The van der Waals surface area contributed by atoms with Crippen LogP contribution < -0.4 is 9.47 Å². The molecule has 0 aliphatic carbocycles. The predicted molar refractivity (Wildman–Crippen MR) is 77.2 cm³/mol. The van der Waals surface area contributed by atoms with E-state index in [-0.39, 0.29) is 11.3 Å². The zero-order valence-electron chi connectivity index (χ0n) is 11.5. The quantitative estimate of drug-likeness (QED) is 0.817. The van der Waals surface area contributed by atoms with E-state index in [9.17, 15) is 0 Å². The SMILES string of the molecule is CCCOc1ccccc1-c1nc(Cl)nc(OCC)n1. The molecular weight excluding hydrogens is 278 g/mol. The van der Waals surface area contributed by atoms with E-state index >= 15 is 0 Å². The third-order valence-electron chi connectivity index (χ3n) is 2.45. The second-order valence-corrected chi connectivity index (χ2v) is 4.33. The van der Waals surface area contributed by atoms with Crippen molar-refractivity contribution in [3.8, 4) is 23.1 Å². The molecule has 20 heavy (non-hydrogen) atoms. The third-order valence-corrected chi connectivity index (χ3v) is 2.62. The normalized spacial score (nSPS) is 10.3. The molecule has 0 amide bonds. The van der Waals surface area contributed by atoms with Crippen molar-refractivity contribution in [3.05, 3.63) is 29.5 Å². The Morgan fingerprint density at radius 1 is 1.05 bits per heavy atom. The average Bonchev–Trinajstić information content (AvgIpc) is 2.45. The highest BCUT2D eigenvalue weighted by molar-refractivity contribution is 6.28. The minimum atomic E-state index is 0.101. The number of hydrogen-bond acceptors (Lipinski definition) is 5. The molecule has 1 aromatic heterocycles. The molecule has 1 aromatic carbocycles. The van der Waals surface area contributed by atoms with Crippen LogP contribution in [0.3, 0.4) is 0 Å². The van der Waals surface area contributed by atoms with Crippen LogP contribution in [0.15, 0.2) is 24.3 Å². The first-order chi connectivity index (χ1) is 9.74. The molecule has 0 atom stereocenters. The number of benzene rings is 1. The van der Waals surface area contributed by atoms with E-state index < -0.39 is 0 Å². The second-order valence-electron chi connectivity index (χ2n) is 3.99. The van der Waals surface area contributed by atoms with Gasteiger partial charge in [0, 0.05) is 0 Å². The van der Waals surface area contributed by atoms with Gasteiger partial charge in [-0.25, -0.2) is 0 Å². The minimum absolute atomic E-state index is 0.101. The molecule has 6 heteroatoms. The van der Waals surface area contributed by atoms with Gasteiger partial charge in [-0.05, 0) is 37.1 Å². The maximum Gasteiger partial charge on any atom is 0.321 e. The van der Waals surface area contributed by atoms with Gasteiger partial charge in [-0.3, -0.25) is 0 Å². The van der Waals surface area contributed by atoms with Crippen LogP contribution in [-0.4, -0.2) is 28.2 Å². The van der Waals surface area contributed by atoms with E-state index in [1.54, 1.807) is 0 Å². The first-order valence-electron chi connectivity index (χ1n) is 6.51. The van der Waals surface area contributed by atoms with Gasteiger partial charge in [0.1, 0.15) is 5.75 Å². The summed E-state index contributed by atoms with van der Waals surface area (Å²) in [6, 6.07) is 7.77. The molecular formula is C14H16ClN3O2. The van der Waals surface area contributed by atoms with Gasteiger partial charge in [0.25, 0.3) is 0 Å². The van der Waals surface area contributed by atoms with E-state index in [0.717, 1.165) is 17.7 Å². The number of nitrogens with zero attached hydrogens (tertiary/aromatic N) is 3. The molecule has 0 spiro atoms. The van der Waals surface area contributed by atoms with Crippen molar-refractivity contribution >= 4 is 11.6 Å². The first-order valence-corrected chi connectivity index (χ1v) is 6.89. The molecule has 2 aromatic rings. The topological polar surface area (TPSA) is 57.1 Å². The Morgan fingerprint density at radius 2 is 1.85 bits per heavy atom. The summed E-state index contributed by atoms with van der Waals surface area (Å²) in [5, 5.41) is 0.101. The highest BCUT2D eigenvalue weighted by atomic mass is 35.5. The van der Waals surface area contributed by atoms with E-state index in [2.05, 4.69) is 21.9 Å². The lowest BCUT2D eigenvalue weighted by Crippen LogP contribution is -2.03. The molecule has 0 unspecified atom stereocenters. The molecule has 0 radical (unpaired) electrons. The van der Waals surface area contributed by atoms with E-state index in [4.69, 9.17) is 21.1 Å². The summed E-state index contributed by atoms with van der Waals surface area (Å²) >= 11 is 5.91. The van der Waals surface area contributed by atoms with Gasteiger partial charge in [-0.15, -0.1) is 0 Å². The summed E-state index contributed by atoms with van der Waals surface area (Å²) in [5.74, 6) is 1.17. The van der Waals surface area contributed by atoms with Crippen LogP contribution in [0.25, 0.3) is 11.4 Å². The molecule has 0 saturated carbocycles. The van der Waals surface area contributed by atoms with Gasteiger partial charge in [-0.2, -0.15) is 15.0 Å². The Balaban J connectivity index is 2.40.